The van der Waals surface area contributed by atoms with Crippen molar-refractivity contribution < 1.29 is 100.0 Å². The number of carboxylic acids is 1. The largest absolute Gasteiger partial charge is 0.480 e. The summed E-state index contributed by atoms with van der Waals surface area (Å²) in [5.74, 6) is 0.748. The number of carbonyl (C=O) groups excluding carboxylic acids is 6. The molecule has 0 saturated heterocycles. The van der Waals surface area contributed by atoms with E-state index >= 15 is 0 Å². The highest BCUT2D eigenvalue weighted by molar-refractivity contribution is 9.09. The Kier molecular flexibility index (Phi) is 33.9. The standard InChI is InChI=1S/C40H41ClF2N6O5S.C16H24N2O4.C16H24N2O3.C12H16N2O3.C10H14N2O2.C6H11BrO2/c1-39(2,51)14-13-27-9-10-29(30-11-12-32(41)34-36(30)48(3)46-38(34)47-55(4,53)54)35(44-27)24(17-23-18-25(42)21-26(43)19-23)20-28(50)22-49-33-8-6-5-7-31(33)37(45-49)40(52)15-16-40;1-5-21-15(20)14-11-8-6-7-9-12(11)18(17-14)10-13(19)22-16(2,3)4;1-15(2,3)21-13(19)10-18-12-7-5-4-6-11(12)14(17-18)16(20)8-9-16;15-10(16)7-14-9-4-2-1-3-8(9)11(13-14)12(17)5-6-12;1-2-14-10(13)9-7-5-3-4-6-8(7)11-12-9;1-6(2,3)9-5(8)4-7/h9-12,18-19,21,24,51-52H,5-8,15-17,20,22H2,1-4H3,(H,46,47);5-10H2,1-4H3;20H,4-10H2,1-3H3;17H,1-7H2,(H,15,16);2-6H2,1H3,(H,11,12);4H2,1-3H3/t24-;;;;;/m1...../s1. The summed E-state index contributed by atoms with van der Waals surface area (Å²) in [7, 11) is -2.10. The summed E-state index contributed by atoms with van der Waals surface area (Å²) < 4.78 is 90.0. The Morgan fingerprint density at radius 3 is 1.42 bits per heavy atom. The monoisotopic (exact) mass is 2010 g/mol. The molecule has 7 N–H and O–H groups in total. The number of H-pyrrole nitrogens is 1. The fourth-order valence-electron chi connectivity index (χ4n) is 18.0. The number of ether oxygens (including phenoxy) is 5. The molecule has 1 atom stereocenters. The second kappa shape index (κ2) is 44.0. The Hall–Kier alpha value is -10.6. The molecule has 8 aliphatic carbocycles. The SMILES string of the molecule is CC(C)(C)OC(=O)CBr.CC(C)(C)OC(=O)Cn1nc(C2(O)CC2)c2c1CCCC2.CCOC(=O)c1n[nH]c2c1CCCC2.CCOC(=O)c1nn(CC(=O)OC(C)(C)C)c2c1CCCC2.Cn1nc(NS(C)(=O)=O)c2c(Cl)ccc(-c3ccc(C#CC(C)(C)O)nc3[C@@H](CC(=O)Cn3nc(C4(O)CC4)c4c3CCCC4)Cc3cc(F)cc(F)c3)c21.O=C(O)Cn1nc(C2(O)CC2)c2c1CCCC2. The maximum Gasteiger partial charge on any atom is 0.359 e. The third kappa shape index (κ3) is 28.2. The first-order chi connectivity index (χ1) is 64.9. The lowest BCUT2D eigenvalue weighted by Crippen LogP contribution is -2.27. The lowest BCUT2D eigenvalue weighted by atomic mass is 9.86. The van der Waals surface area contributed by atoms with E-state index < -0.39 is 73.1 Å². The zero-order chi connectivity index (χ0) is 101. The molecule has 7 aromatic heterocycles. The highest BCUT2D eigenvalue weighted by Crippen LogP contribution is 2.51. The number of alkyl halides is 1. The number of aliphatic carboxylic acids is 1. The molecule has 0 bridgehead atoms. The first-order valence-corrected chi connectivity index (χ1v) is 51.0. The van der Waals surface area contributed by atoms with Crippen molar-refractivity contribution in [2.75, 3.05) is 29.5 Å². The number of benzene rings is 2. The number of Topliss-reactive ketones (excluding diaryl/α,β-unsaturated/α-hetero) is 1. The second-order valence-electron chi connectivity index (χ2n) is 40.1. The van der Waals surface area contributed by atoms with E-state index in [1.54, 1.807) is 63.9 Å². The van der Waals surface area contributed by atoms with E-state index in [0.717, 1.165) is 222 Å². The molecule has 17 rings (SSSR count). The molecule has 3 saturated carbocycles. The van der Waals surface area contributed by atoms with Crippen LogP contribution in [0.2, 0.25) is 5.02 Å². The molecule has 7 heterocycles. The molecule has 748 valence electrons. The van der Waals surface area contributed by atoms with Gasteiger partial charge >= 0.3 is 35.8 Å². The van der Waals surface area contributed by atoms with Crippen molar-refractivity contribution >= 4 is 95.9 Å². The Labute approximate surface area is 816 Å². The number of hydrogen-bond acceptors (Lipinski definition) is 25. The summed E-state index contributed by atoms with van der Waals surface area (Å²) in [6, 6.07) is 9.97. The number of carbonyl (C=O) groups is 7. The molecular weight excluding hydrogens is 1890 g/mol. The lowest BCUT2D eigenvalue weighted by molar-refractivity contribution is -0.157. The quantitative estimate of drug-likeness (QED) is 0.0128. The fourth-order valence-corrected chi connectivity index (χ4v) is 18.9. The van der Waals surface area contributed by atoms with Crippen molar-refractivity contribution in [2.45, 2.75) is 341 Å². The molecule has 138 heavy (non-hydrogen) atoms. The third-order valence-electron chi connectivity index (χ3n) is 24.2. The van der Waals surface area contributed by atoms with E-state index in [4.69, 9.17) is 50.5 Å². The van der Waals surface area contributed by atoms with Gasteiger partial charge in [-0.3, -0.25) is 57.2 Å². The van der Waals surface area contributed by atoms with Gasteiger partial charge in [-0.05, 0) is 322 Å². The van der Waals surface area contributed by atoms with Gasteiger partial charge in [0.25, 0.3) is 0 Å². The molecule has 8 aliphatic rings. The van der Waals surface area contributed by atoms with Crippen LogP contribution in [0.15, 0.2) is 42.5 Å². The van der Waals surface area contributed by atoms with E-state index in [9.17, 15) is 71.2 Å². The molecule has 0 aliphatic heterocycles. The number of hydrogen-bond donors (Lipinski definition) is 7. The number of halogens is 4. The van der Waals surface area contributed by atoms with Gasteiger partial charge in [0.1, 0.15) is 81.5 Å². The van der Waals surface area contributed by atoms with E-state index in [1.165, 1.54) is 42.6 Å². The normalized spacial score (nSPS) is 16.4. The maximum absolute atomic E-state index is 14.6. The molecule has 0 radical (unpaired) electrons. The van der Waals surface area contributed by atoms with E-state index in [-0.39, 0.29) is 96.1 Å². The average molecular weight is 2020 g/mol. The molecule has 0 spiro atoms. The number of nitrogens with one attached hydrogen (secondary N) is 2. The van der Waals surface area contributed by atoms with Gasteiger partial charge in [0.05, 0.1) is 64.7 Å². The Morgan fingerprint density at radius 2 is 0.978 bits per heavy atom. The topological polar surface area (TPSA) is 444 Å². The summed E-state index contributed by atoms with van der Waals surface area (Å²) in [5.41, 5.74) is 10.8. The smallest absolute Gasteiger partial charge is 0.359 e. The maximum atomic E-state index is 14.6. The molecule has 0 amide bonds. The molecule has 3 fully saturated rings. The number of aromatic nitrogens is 13. The molecular formula is C100H130BrClF2N14O19S. The fraction of sp³-hybridized carbons (Fsp3) is 0.580. The summed E-state index contributed by atoms with van der Waals surface area (Å²) in [4.78, 5) is 88.1. The average Bonchev–Trinajstić information content (AvgIpc) is 1.59. The van der Waals surface area contributed by atoms with Gasteiger partial charge in [0, 0.05) is 76.2 Å². The summed E-state index contributed by atoms with van der Waals surface area (Å²) >= 11 is 9.65. The number of anilines is 1. The number of sulfonamides is 1. The van der Waals surface area contributed by atoms with E-state index in [1.807, 2.05) is 62.3 Å². The number of aryl methyl sites for hydroxylation is 2. The van der Waals surface area contributed by atoms with Crippen molar-refractivity contribution in [3.63, 3.8) is 0 Å². The number of ketones is 1. The Balaban J connectivity index is 0.000000168. The molecule has 2 aromatic carbocycles. The van der Waals surface area contributed by atoms with Crippen molar-refractivity contribution in [1.29, 1.82) is 0 Å². The van der Waals surface area contributed by atoms with Crippen LogP contribution in [-0.2, 0) is 178 Å². The van der Waals surface area contributed by atoms with E-state index in [0.29, 0.717) is 76.4 Å². The predicted molar refractivity (Wildman–Crippen MR) is 514 cm³/mol. The van der Waals surface area contributed by atoms with Crippen LogP contribution in [0.5, 0.6) is 0 Å². The Morgan fingerprint density at radius 1 is 0.558 bits per heavy atom. The van der Waals surface area contributed by atoms with Gasteiger partial charge < -0.3 is 49.2 Å². The third-order valence-corrected chi connectivity index (χ3v) is 25.6. The van der Waals surface area contributed by atoms with Crippen molar-refractivity contribution in [3.05, 3.63) is 161 Å². The summed E-state index contributed by atoms with van der Waals surface area (Å²) in [6.07, 6.45) is 24.7. The first-order valence-electron chi connectivity index (χ1n) is 47.6. The molecule has 38 heteroatoms. The van der Waals surface area contributed by atoms with Crippen LogP contribution < -0.4 is 4.72 Å². The van der Waals surface area contributed by atoms with Crippen LogP contribution in [0.25, 0.3) is 22.0 Å². The highest BCUT2D eigenvalue weighted by atomic mass is 79.9. The summed E-state index contributed by atoms with van der Waals surface area (Å²) in [5, 5.41) is 81.1. The minimum Gasteiger partial charge on any atom is -0.480 e. The van der Waals surface area contributed by atoms with Gasteiger partial charge in [-0.1, -0.05) is 39.5 Å². The van der Waals surface area contributed by atoms with Crippen LogP contribution in [-0.4, -0.2) is 187 Å². The zero-order valence-electron chi connectivity index (χ0n) is 81.6. The molecule has 33 nitrogen and oxygen atoms in total. The number of rotatable bonds is 24. The number of fused-ring (bicyclic) bond motifs is 6. The number of esters is 5. The first kappa shape index (κ1) is 106. The predicted octanol–water partition coefficient (Wildman–Crippen LogP) is 14.5. The van der Waals surface area contributed by atoms with Crippen LogP contribution in [0, 0.1) is 23.5 Å². The minimum atomic E-state index is -3.74. The number of carboxylic acid groups (broad SMARTS) is 1. The second-order valence-corrected chi connectivity index (χ2v) is 42.9. The number of pyridine rings is 1. The molecule has 9 aromatic rings. The van der Waals surface area contributed by atoms with Crippen LogP contribution in [0.4, 0.5) is 14.6 Å². The van der Waals surface area contributed by atoms with Crippen LogP contribution in [0.3, 0.4) is 0 Å². The van der Waals surface area contributed by atoms with Crippen molar-refractivity contribution in [3.8, 4) is 23.0 Å². The van der Waals surface area contributed by atoms with Crippen molar-refractivity contribution in [1.82, 2.24) is 64.1 Å². The van der Waals surface area contributed by atoms with Gasteiger partial charge in [-0.2, -0.15) is 30.6 Å². The van der Waals surface area contributed by atoms with Crippen LogP contribution in [0.1, 0.15) is 316 Å². The Bertz CT molecular complexity index is 6170. The van der Waals surface area contributed by atoms with Gasteiger partial charge in [-0.15, -0.1) is 0 Å². The van der Waals surface area contributed by atoms with Gasteiger partial charge in [-0.25, -0.2) is 31.8 Å². The van der Waals surface area contributed by atoms with Crippen molar-refractivity contribution in [2.24, 2.45) is 7.05 Å². The van der Waals surface area contributed by atoms with Crippen LogP contribution >= 0.6 is 27.5 Å². The molecule has 0 unspecified atom stereocenters. The lowest BCUT2D eigenvalue weighted by Gasteiger charge is -2.21. The number of aromatic amines is 1. The minimum absolute atomic E-state index is 0.00795. The number of aliphatic hydroxyl groups is 4. The van der Waals surface area contributed by atoms with Gasteiger partial charge in [0.2, 0.25) is 10.0 Å². The number of nitrogens with zero attached hydrogens (tertiary/aromatic N) is 12. The van der Waals surface area contributed by atoms with Gasteiger partial charge in [0.15, 0.2) is 23.0 Å². The highest BCUT2D eigenvalue weighted by Gasteiger charge is 2.50. The zero-order valence-corrected chi connectivity index (χ0v) is 84.8. The summed E-state index contributed by atoms with van der Waals surface area (Å²) in [6.45, 7) is 23.9. The van der Waals surface area contributed by atoms with E-state index in [2.05, 4.69) is 63.1 Å².